The Morgan fingerprint density at radius 1 is 0.452 bits per heavy atom. The van der Waals surface area contributed by atoms with Crippen LogP contribution in [0, 0.1) is 5.41 Å². The van der Waals surface area contributed by atoms with Gasteiger partial charge in [-0.15, -0.1) is 0 Å². The van der Waals surface area contributed by atoms with Gasteiger partial charge >= 0.3 is 24.4 Å². The maximum atomic E-state index is 13.4. The summed E-state index contributed by atoms with van der Waals surface area (Å²) in [5, 5.41) is 26.7. The van der Waals surface area contributed by atoms with Crippen LogP contribution in [0.3, 0.4) is 0 Å². The lowest BCUT2D eigenvalue weighted by molar-refractivity contribution is 0.00280. The Morgan fingerprint density at radius 2 is 0.817 bits per heavy atom. The maximum Gasteiger partial charge on any atom is 0.410 e. The van der Waals surface area contributed by atoms with Crippen molar-refractivity contribution in [3.05, 3.63) is 70.8 Å². The summed E-state index contributed by atoms with van der Waals surface area (Å²) in [7, 11) is 7.08. The van der Waals surface area contributed by atoms with Gasteiger partial charge in [0.05, 0.1) is 149 Å². The second-order valence-corrected chi connectivity index (χ2v) is 32.9. The first-order valence-corrected chi connectivity index (χ1v) is 37.5. The highest BCUT2D eigenvalue weighted by atomic mass is 16.6. The molecule has 2 aliphatic heterocycles. The molecule has 104 heavy (non-hydrogen) atoms. The normalized spacial score (nSPS) is 17.8. The van der Waals surface area contributed by atoms with Crippen LogP contribution in [0.1, 0.15) is 225 Å². The highest BCUT2D eigenvalue weighted by Crippen LogP contribution is 2.49. The van der Waals surface area contributed by atoms with Crippen molar-refractivity contribution in [3.8, 4) is 0 Å². The second-order valence-electron chi connectivity index (χ2n) is 32.9. The Labute approximate surface area is 619 Å². The molecule has 588 valence electrons. The van der Waals surface area contributed by atoms with Crippen molar-refractivity contribution in [1.29, 1.82) is 0 Å². The van der Waals surface area contributed by atoms with Gasteiger partial charge in [0.25, 0.3) is 11.8 Å². The van der Waals surface area contributed by atoms with E-state index in [0.717, 1.165) is 101 Å². The van der Waals surface area contributed by atoms with E-state index in [-0.39, 0.29) is 84.7 Å². The largest absolute Gasteiger partial charge is 0.444 e. The fraction of sp³-hybridized carbons (Fsp3) is 0.766. The maximum absolute atomic E-state index is 13.4. The van der Waals surface area contributed by atoms with Crippen molar-refractivity contribution >= 4 is 36.2 Å². The predicted octanol–water partition coefficient (Wildman–Crippen LogP) is 11.5. The van der Waals surface area contributed by atoms with Crippen LogP contribution in [-0.4, -0.2) is 254 Å². The van der Waals surface area contributed by atoms with Gasteiger partial charge in [-0.05, 0) is 178 Å². The fourth-order valence-electron chi connectivity index (χ4n) is 11.6. The quantitative estimate of drug-likeness (QED) is 0.0530. The molecule has 0 unspecified atom stereocenters. The van der Waals surface area contributed by atoms with Crippen LogP contribution < -0.4 is 0 Å². The molecule has 5 aliphatic carbocycles. The van der Waals surface area contributed by atoms with Gasteiger partial charge in [0.15, 0.2) is 0 Å². The van der Waals surface area contributed by atoms with E-state index in [1.807, 2.05) is 125 Å². The molecule has 0 saturated heterocycles. The number of carbonyl (C=O) groups is 6. The molecule has 0 spiro atoms. The number of fused-ring (bicyclic) bond motifs is 2. The van der Waals surface area contributed by atoms with Crippen LogP contribution in [0.5, 0.6) is 0 Å². The first-order valence-electron chi connectivity index (χ1n) is 37.5. The second kappa shape index (κ2) is 37.3. The average molecular weight is 1470 g/mol. The molecule has 5 fully saturated rings. The molecule has 0 atom stereocenters. The number of amides is 6. The van der Waals surface area contributed by atoms with Gasteiger partial charge < -0.3 is 82.2 Å². The van der Waals surface area contributed by atoms with Crippen molar-refractivity contribution in [2.24, 2.45) is 5.41 Å². The summed E-state index contributed by atoms with van der Waals surface area (Å²) in [5.74, 6) is -0.226. The first-order chi connectivity index (χ1) is 48.8. The third kappa shape index (κ3) is 26.1. The number of benzene rings is 1. The molecule has 7 aliphatic rings. The summed E-state index contributed by atoms with van der Waals surface area (Å²) in [6.07, 6.45) is 15.3. The van der Waals surface area contributed by atoms with Crippen molar-refractivity contribution in [2.45, 2.75) is 265 Å². The average Bonchev–Trinajstić information content (AvgIpc) is 1.61. The van der Waals surface area contributed by atoms with E-state index < -0.39 is 22.4 Å². The Morgan fingerprint density at radius 3 is 1.17 bits per heavy atom. The molecule has 10 rings (SSSR count). The first kappa shape index (κ1) is 86.3. The van der Waals surface area contributed by atoms with Crippen LogP contribution in [0.2, 0.25) is 0 Å². The number of aliphatic hydroxyl groups is 2. The van der Waals surface area contributed by atoms with Gasteiger partial charge in [-0.25, -0.2) is 19.2 Å². The lowest BCUT2D eigenvalue weighted by Gasteiger charge is -2.32. The van der Waals surface area contributed by atoms with Crippen molar-refractivity contribution in [1.82, 2.24) is 49.0 Å². The number of aromatic nitrogens is 4. The molecule has 0 bridgehead atoms. The minimum absolute atomic E-state index is 0.0166. The number of hydrogen-bond acceptors (Lipinski definition) is 19. The lowest BCUT2D eigenvalue weighted by atomic mass is 10.1. The fourth-order valence-corrected chi connectivity index (χ4v) is 11.6. The van der Waals surface area contributed by atoms with Gasteiger partial charge in [0.1, 0.15) is 22.4 Å². The van der Waals surface area contributed by atoms with E-state index in [9.17, 15) is 28.8 Å². The summed E-state index contributed by atoms with van der Waals surface area (Å²) in [6, 6.07) is 10.0. The Bertz CT molecular complexity index is 3220. The summed E-state index contributed by atoms with van der Waals surface area (Å²) in [4.78, 5) is 85.0. The molecule has 0 radical (unpaired) electrons. The third-order valence-electron chi connectivity index (χ3n) is 19.5. The molecular formula is C77H128N10O17. The lowest BCUT2D eigenvalue weighted by Crippen LogP contribution is -2.44. The van der Waals surface area contributed by atoms with E-state index in [2.05, 4.69) is 31.0 Å². The molecule has 1 aromatic carbocycles. The highest BCUT2D eigenvalue weighted by molar-refractivity contribution is 5.96. The smallest absolute Gasteiger partial charge is 0.410 e. The SMILES string of the molecule is CCCOCC1(CC)CC1.CCCOCC1(N(C)C(=O)OC(C)(C)C)CC1.CN(C(=O)OC(C)(C)C)C1(CO)CC1.CN(C(=O)c1cnn2c1CN(C(=O)OC(C)(C)C)CC2)C1(COCCO)CC1.CN(C(=O)c1cnn2c1CN(C(=O)OC(C)(C)C)CC2)C1(COCCOCc2ccccc2)CC1. The number of ether oxygens (including phenoxy) is 9. The van der Waals surface area contributed by atoms with Crippen LogP contribution in [0.4, 0.5) is 19.2 Å². The number of likely N-dealkylation sites (N-methyl/N-ethyl adjacent to an activating group) is 4. The summed E-state index contributed by atoms with van der Waals surface area (Å²) < 4.78 is 53.2. The number of nitrogens with zero attached hydrogens (tertiary/aromatic N) is 10. The van der Waals surface area contributed by atoms with Crippen LogP contribution >= 0.6 is 0 Å². The Hall–Kier alpha value is -6.62. The van der Waals surface area contributed by atoms with Gasteiger partial charge in [-0.1, -0.05) is 51.1 Å². The topological polar surface area (TPSA) is 281 Å². The van der Waals surface area contributed by atoms with Crippen molar-refractivity contribution in [3.63, 3.8) is 0 Å². The van der Waals surface area contributed by atoms with Crippen LogP contribution in [-0.2, 0) is 75.4 Å². The standard InChI is InChI=1S/C26H36N4O5.C19H30N4O5.C13H25NO3.C10H19NO3.C9H18O/c1-25(2,3)35-24(32)29-12-13-30-22(17-29)21(16-27-30)23(31)28(4)26(10-11-26)19-34-15-14-33-18-20-8-6-5-7-9-20;1-18(2,3)28-17(26)22-7-8-23-15(12-22)14(11-20-23)16(25)21(4)19(5-6-19)13-27-10-9-24;1-6-9-16-10-13(7-8-13)14(5)11(15)17-12(2,3)4;1-9(2,3)14-8(13)11(4)10(7-12)5-6-10;1-3-7-10-8-9(4-2)5-6-9/h5-9,16H,10-15,17-19H2,1-4H3;11,24H,5-10,12-13H2,1-4H3;6-10H2,1-5H3;12H,5-7H2,1-4H3;3-8H2,1-2H3. The number of rotatable bonds is 27. The third-order valence-corrected chi connectivity index (χ3v) is 19.5. The van der Waals surface area contributed by atoms with E-state index in [1.54, 1.807) is 62.7 Å². The molecule has 27 nitrogen and oxygen atoms in total. The summed E-state index contributed by atoms with van der Waals surface area (Å²) in [6.45, 7) is 37.3. The minimum Gasteiger partial charge on any atom is -0.444 e. The number of aliphatic hydroxyl groups excluding tert-OH is 2. The van der Waals surface area contributed by atoms with Crippen molar-refractivity contribution < 1.29 is 81.6 Å². The molecule has 6 amide bonds. The van der Waals surface area contributed by atoms with Gasteiger partial charge in [-0.2, -0.15) is 10.2 Å². The summed E-state index contributed by atoms with van der Waals surface area (Å²) in [5.41, 5.74) is 1.11. The summed E-state index contributed by atoms with van der Waals surface area (Å²) >= 11 is 0. The molecule has 27 heteroatoms. The zero-order valence-electron chi connectivity index (χ0n) is 66.5. The molecule has 3 aromatic rings. The molecule has 4 heterocycles. The zero-order chi connectivity index (χ0) is 77.1. The van der Waals surface area contributed by atoms with Gasteiger partial charge in [-0.3, -0.25) is 19.0 Å². The predicted molar refractivity (Wildman–Crippen MR) is 394 cm³/mol. The van der Waals surface area contributed by atoms with Crippen molar-refractivity contribution in [2.75, 3.05) is 114 Å². The van der Waals surface area contributed by atoms with E-state index in [1.165, 1.54) is 24.2 Å². The Kier molecular flexibility index (Phi) is 30.9. The molecule has 5 saturated carbocycles. The molecule has 2 N–H and O–H groups in total. The van der Waals surface area contributed by atoms with E-state index in [0.29, 0.717) is 88.9 Å². The highest BCUT2D eigenvalue weighted by Gasteiger charge is 2.53. The number of hydrogen-bond donors (Lipinski definition) is 2. The van der Waals surface area contributed by atoms with Crippen LogP contribution in [0.15, 0.2) is 42.7 Å². The van der Waals surface area contributed by atoms with E-state index >= 15 is 0 Å². The molecular weight excluding hydrogens is 1340 g/mol. The Balaban J connectivity index is 0.000000218. The zero-order valence-corrected chi connectivity index (χ0v) is 66.5. The van der Waals surface area contributed by atoms with Crippen LogP contribution in [0.25, 0.3) is 0 Å². The monoisotopic (exact) mass is 1460 g/mol. The molecule has 2 aromatic heterocycles. The number of carbonyl (C=O) groups excluding carboxylic acids is 6. The van der Waals surface area contributed by atoms with Gasteiger partial charge in [0.2, 0.25) is 0 Å². The minimum atomic E-state index is -0.571. The van der Waals surface area contributed by atoms with E-state index in [4.69, 9.17) is 52.8 Å². The van der Waals surface area contributed by atoms with Gasteiger partial charge in [0, 0.05) is 54.5 Å².